The average molecular weight is 313 g/mol. The first-order chi connectivity index (χ1) is 8.20. The van der Waals surface area contributed by atoms with E-state index in [0.717, 1.165) is 28.1 Å². The van der Waals surface area contributed by atoms with Gasteiger partial charge in [-0.3, -0.25) is 4.98 Å². The zero-order chi connectivity index (χ0) is 12.3. The largest absolute Gasteiger partial charge is 0.493 e. The van der Waals surface area contributed by atoms with Crippen LogP contribution in [0.25, 0.3) is 0 Å². The van der Waals surface area contributed by atoms with Crippen LogP contribution in [0.3, 0.4) is 0 Å². The molecule has 3 nitrogen and oxygen atoms in total. The van der Waals surface area contributed by atoms with Crippen molar-refractivity contribution in [2.24, 2.45) is 0 Å². The average Bonchev–Trinajstić information content (AvgIpc) is 2.72. The normalized spacial score (nSPS) is 10.3. The Morgan fingerprint density at radius 2 is 2.35 bits per heavy atom. The van der Waals surface area contributed by atoms with Crippen LogP contribution in [0.1, 0.15) is 10.6 Å². The highest BCUT2D eigenvalue weighted by atomic mass is 79.9. The van der Waals surface area contributed by atoms with Crippen molar-refractivity contribution in [3.8, 4) is 5.75 Å². The summed E-state index contributed by atoms with van der Waals surface area (Å²) in [6.45, 7) is 2.74. The smallest absolute Gasteiger partial charge is 0.160 e. The number of ether oxygens (including phenoxy) is 1. The summed E-state index contributed by atoms with van der Waals surface area (Å²) in [5.74, 6) is 0.767. The molecule has 0 unspecified atom stereocenters. The summed E-state index contributed by atoms with van der Waals surface area (Å²) in [6.07, 6.45) is 1.74. The lowest BCUT2D eigenvalue weighted by atomic mass is 10.3. The molecule has 0 saturated carbocycles. The van der Waals surface area contributed by atoms with Crippen molar-refractivity contribution in [2.75, 3.05) is 12.4 Å². The maximum absolute atomic E-state index is 5.27. The topological polar surface area (TPSA) is 34.1 Å². The van der Waals surface area contributed by atoms with Crippen molar-refractivity contribution in [3.63, 3.8) is 0 Å². The SMILES string of the molecule is COc1cnc(C)cc1NCc1sccc1Br. The molecular weight excluding hydrogens is 300 g/mol. The molecule has 0 aromatic carbocycles. The summed E-state index contributed by atoms with van der Waals surface area (Å²) in [7, 11) is 1.65. The van der Waals surface area contributed by atoms with E-state index in [2.05, 4.69) is 37.7 Å². The number of pyridine rings is 1. The van der Waals surface area contributed by atoms with Gasteiger partial charge in [-0.2, -0.15) is 0 Å². The first-order valence-electron chi connectivity index (χ1n) is 5.17. The summed E-state index contributed by atoms with van der Waals surface area (Å²) < 4.78 is 6.41. The van der Waals surface area contributed by atoms with Crippen molar-refractivity contribution < 1.29 is 4.74 Å². The van der Waals surface area contributed by atoms with E-state index in [9.17, 15) is 0 Å². The van der Waals surface area contributed by atoms with Gasteiger partial charge in [0.05, 0.1) is 25.5 Å². The number of nitrogens with one attached hydrogen (secondary N) is 1. The summed E-state index contributed by atoms with van der Waals surface area (Å²) in [5, 5.41) is 5.43. The quantitative estimate of drug-likeness (QED) is 0.931. The Kier molecular flexibility index (Phi) is 4.02. The van der Waals surface area contributed by atoms with Gasteiger partial charge in [0.25, 0.3) is 0 Å². The number of hydrogen-bond donors (Lipinski definition) is 1. The van der Waals surface area contributed by atoms with Gasteiger partial charge in [0.15, 0.2) is 5.75 Å². The monoisotopic (exact) mass is 312 g/mol. The van der Waals surface area contributed by atoms with Crippen molar-refractivity contribution in [1.82, 2.24) is 4.98 Å². The molecule has 0 radical (unpaired) electrons. The van der Waals surface area contributed by atoms with Gasteiger partial charge in [0.1, 0.15) is 0 Å². The number of aromatic nitrogens is 1. The molecule has 90 valence electrons. The molecule has 17 heavy (non-hydrogen) atoms. The van der Waals surface area contributed by atoms with E-state index in [0.29, 0.717) is 0 Å². The van der Waals surface area contributed by atoms with Crippen LogP contribution in [-0.2, 0) is 6.54 Å². The molecular formula is C12H13BrN2OS. The number of halogens is 1. The van der Waals surface area contributed by atoms with Gasteiger partial charge >= 0.3 is 0 Å². The van der Waals surface area contributed by atoms with Crippen LogP contribution in [0, 0.1) is 6.92 Å². The molecule has 0 saturated heterocycles. The van der Waals surface area contributed by atoms with E-state index >= 15 is 0 Å². The van der Waals surface area contributed by atoms with Crippen molar-refractivity contribution in [2.45, 2.75) is 13.5 Å². The number of hydrogen-bond acceptors (Lipinski definition) is 4. The molecule has 0 atom stereocenters. The molecule has 0 bridgehead atoms. The number of rotatable bonds is 4. The second-order valence-corrected chi connectivity index (χ2v) is 5.43. The summed E-state index contributed by atoms with van der Waals surface area (Å²) in [6, 6.07) is 4.04. The summed E-state index contributed by atoms with van der Waals surface area (Å²) >= 11 is 5.24. The van der Waals surface area contributed by atoms with Crippen molar-refractivity contribution >= 4 is 33.0 Å². The Morgan fingerprint density at radius 1 is 1.53 bits per heavy atom. The first-order valence-corrected chi connectivity index (χ1v) is 6.84. The lowest BCUT2D eigenvalue weighted by molar-refractivity contribution is 0.414. The van der Waals surface area contributed by atoms with Crippen molar-refractivity contribution in [1.29, 1.82) is 0 Å². The Bertz CT molecular complexity index is 513. The molecule has 0 spiro atoms. The molecule has 0 amide bonds. The van der Waals surface area contributed by atoms with Gasteiger partial charge in [-0.25, -0.2) is 0 Å². The summed E-state index contributed by atoms with van der Waals surface area (Å²) in [5.41, 5.74) is 1.94. The fourth-order valence-electron chi connectivity index (χ4n) is 1.47. The minimum absolute atomic E-state index is 0.767. The zero-order valence-electron chi connectivity index (χ0n) is 9.66. The first kappa shape index (κ1) is 12.4. The maximum atomic E-state index is 5.27. The van der Waals surface area contributed by atoms with E-state index in [4.69, 9.17) is 4.74 Å². The molecule has 2 aromatic heterocycles. The standard InChI is InChI=1S/C12H13BrN2OS/c1-8-5-10(11(16-2)6-14-8)15-7-12-9(13)3-4-17-12/h3-6H,7H2,1-2H3,(H,14,15). The fourth-order valence-corrected chi connectivity index (χ4v) is 2.91. The Morgan fingerprint density at radius 3 is 3.00 bits per heavy atom. The van der Waals surface area contributed by atoms with Crippen LogP contribution in [0.15, 0.2) is 28.2 Å². The van der Waals surface area contributed by atoms with Crippen LogP contribution in [0.5, 0.6) is 5.75 Å². The Labute approximate surface area is 113 Å². The molecule has 5 heteroatoms. The molecule has 0 aliphatic heterocycles. The molecule has 0 aliphatic rings. The van der Waals surface area contributed by atoms with Gasteiger partial charge < -0.3 is 10.1 Å². The number of aryl methyl sites for hydroxylation is 1. The van der Waals surface area contributed by atoms with Gasteiger partial charge in [0.2, 0.25) is 0 Å². The lowest BCUT2D eigenvalue weighted by Gasteiger charge is -2.10. The van der Waals surface area contributed by atoms with E-state index in [1.54, 1.807) is 24.6 Å². The maximum Gasteiger partial charge on any atom is 0.160 e. The van der Waals surface area contributed by atoms with E-state index in [-0.39, 0.29) is 0 Å². The Hall–Kier alpha value is -1.07. The number of methoxy groups -OCH3 is 1. The minimum Gasteiger partial charge on any atom is -0.493 e. The molecule has 1 N–H and O–H groups in total. The predicted molar refractivity (Wildman–Crippen MR) is 74.9 cm³/mol. The molecule has 0 aliphatic carbocycles. The highest BCUT2D eigenvalue weighted by Crippen LogP contribution is 2.27. The zero-order valence-corrected chi connectivity index (χ0v) is 12.1. The number of anilines is 1. The second kappa shape index (κ2) is 5.51. The second-order valence-electron chi connectivity index (χ2n) is 3.57. The number of nitrogens with zero attached hydrogens (tertiary/aromatic N) is 1. The predicted octanol–water partition coefficient (Wildman–Crippen LogP) is 3.83. The van der Waals surface area contributed by atoms with E-state index < -0.39 is 0 Å². The van der Waals surface area contributed by atoms with Crippen LogP contribution < -0.4 is 10.1 Å². The lowest BCUT2D eigenvalue weighted by Crippen LogP contribution is -2.01. The van der Waals surface area contributed by atoms with E-state index in [1.807, 2.05) is 13.0 Å². The Balaban J connectivity index is 2.13. The van der Waals surface area contributed by atoms with Crippen LogP contribution >= 0.6 is 27.3 Å². The fraction of sp³-hybridized carbons (Fsp3) is 0.250. The van der Waals surface area contributed by atoms with Crippen LogP contribution in [-0.4, -0.2) is 12.1 Å². The van der Waals surface area contributed by atoms with Gasteiger partial charge in [-0.15, -0.1) is 11.3 Å². The van der Waals surface area contributed by atoms with Crippen molar-refractivity contribution in [3.05, 3.63) is 38.8 Å². The third kappa shape index (κ3) is 2.98. The van der Waals surface area contributed by atoms with Gasteiger partial charge in [0, 0.05) is 15.0 Å². The van der Waals surface area contributed by atoms with E-state index in [1.165, 1.54) is 4.88 Å². The van der Waals surface area contributed by atoms with Crippen LogP contribution in [0.4, 0.5) is 5.69 Å². The molecule has 2 rings (SSSR count). The summed E-state index contributed by atoms with van der Waals surface area (Å²) in [4.78, 5) is 5.47. The minimum atomic E-state index is 0.767. The third-order valence-electron chi connectivity index (χ3n) is 2.35. The molecule has 2 heterocycles. The van der Waals surface area contributed by atoms with Crippen LogP contribution in [0.2, 0.25) is 0 Å². The van der Waals surface area contributed by atoms with Gasteiger partial charge in [-0.05, 0) is 40.4 Å². The molecule has 2 aromatic rings. The highest BCUT2D eigenvalue weighted by molar-refractivity contribution is 9.10. The highest BCUT2D eigenvalue weighted by Gasteiger charge is 2.05. The third-order valence-corrected chi connectivity index (χ3v) is 4.28. The van der Waals surface area contributed by atoms with Gasteiger partial charge in [-0.1, -0.05) is 0 Å². The molecule has 0 fully saturated rings. The number of thiophene rings is 1.